The van der Waals surface area contributed by atoms with Gasteiger partial charge in [-0.15, -0.1) is 0 Å². The first kappa shape index (κ1) is 11.4. The first-order chi connectivity index (χ1) is 8.15. The number of aromatic nitrogens is 2. The molecular formula is C12H14FN3O. The van der Waals surface area contributed by atoms with Crippen molar-refractivity contribution in [2.24, 2.45) is 0 Å². The fourth-order valence-corrected chi connectivity index (χ4v) is 1.48. The quantitative estimate of drug-likeness (QED) is 0.881. The molecule has 4 nitrogen and oxygen atoms in total. The molecule has 0 amide bonds. The van der Waals surface area contributed by atoms with Gasteiger partial charge in [0.2, 0.25) is 0 Å². The zero-order valence-corrected chi connectivity index (χ0v) is 9.56. The van der Waals surface area contributed by atoms with Gasteiger partial charge in [-0.3, -0.25) is 4.68 Å². The monoisotopic (exact) mass is 235 g/mol. The maximum Gasteiger partial charge on any atom is 0.126 e. The molecule has 2 rings (SSSR count). The zero-order chi connectivity index (χ0) is 12.3. The molecule has 17 heavy (non-hydrogen) atoms. The molecule has 1 aromatic heterocycles. The highest BCUT2D eigenvalue weighted by Crippen LogP contribution is 2.18. The fraction of sp³-hybridized carbons (Fsp3) is 0.250. The van der Waals surface area contributed by atoms with E-state index in [9.17, 15) is 4.39 Å². The molecule has 90 valence electrons. The van der Waals surface area contributed by atoms with Gasteiger partial charge in [0, 0.05) is 12.3 Å². The molecule has 0 radical (unpaired) electrons. The van der Waals surface area contributed by atoms with Crippen molar-refractivity contribution in [3.63, 3.8) is 0 Å². The maximum absolute atomic E-state index is 13.0. The highest BCUT2D eigenvalue weighted by Gasteiger charge is 2.02. The summed E-state index contributed by atoms with van der Waals surface area (Å²) in [6.45, 7) is 2.87. The van der Waals surface area contributed by atoms with Crippen LogP contribution in [0, 0.1) is 12.7 Å². The minimum atomic E-state index is -0.297. The second-order valence-corrected chi connectivity index (χ2v) is 3.80. The third kappa shape index (κ3) is 2.96. The van der Waals surface area contributed by atoms with Crippen molar-refractivity contribution < 1.29 is 9.13 Å². The van der Waals surface area contributed by atoms with Crippen LogP contribution in [-0.2, 0) is 6.54 Å². The molecule has 0 spiro atoms. The molecule has 0 unspecified atom stereocenters. The molecular weight excluding hydrogens is 221 g/mol. The van der Waals surface area contributed by atoms with E-state index in [2.05, 4.69) is 5.10 Å². The Morgan fingerprint density at radius 2 is 2.29 bits per heavy atom. The highest BCUT2D eigenvalue weighted by atomic mass is 19.1. The van der Waals surface area contributed by atoms with E-state index in [1.54, 1.807) is 23.1 Å². The third-order valence-corrected chi connectivity index (χ3v) is 2.38. The molecule has 0 aliphatic heterocycles. The lowest BCUT2D eigenvalue weighted by molar-refractivity contribution is 0.288. The molecule has 0 aliphatic carbocycles. The second kappa shape index (κ2) is 4.86. The van der Waals surface area contributed by atoms with E-state index < -0.39 is 0 Å². The van der Waals surface area contributed by atoms with Crippen LogP contribution in [0.15, 0.2) is 30.6 Å². The molecule has 0 saturated carbocycles. The molecule has 0 bridgehead atoms. The molecule has 2 aromatic rings. The highest BCUT2D eigenvalue weighted by molar-refractivity contribution is 5.32. The SMILES string of the molecule is Cc1ccc(F)cc1OCCn1cc(N)cn1. The standard InChI is InChI=1S/C12H14FN3O/c1-9-2-3-10(13)6-12(9)17-5-4-16-8-11(14)7-15-16/h2-3,6-8H,4-5,14H2,1H3. The van der Waals surface area contributed by atoms with Gasteiger partial charge in [-0.1, -0.05) is 6.07 Å². The Morgan fingerprint density at radius 1 is 1.47 bits per heavy atom. The number of hydrogen-bond acceptors (Lipinski definition) is 3. The number of ether oxygens (including phenoxy) is 1. The van der Waals surface area contributed by atoms with Gasteiger partial charge in [0.25, 0.3) is 0 Å². The lowest BCUT2D eigenvalue weighted by Gasteiger charge is -2.09. The summed E-state index contributed by atoms with van der Waals surface area (Å²) < 4.78 is 20.2. The van der Waals surface area contributed by atoms with E-state index in [4.69, 9.17) is 10.5 Å². The average molecular weight is 235 g/mol. The van der Waals surface area contributed by atoms with Crippen molar-refractivity contribution in [3.8, 4) is 5.75 Å². The van der Waals surface area contributed by atoms with Gasteiger partial charge in [-0.2, -0.15) is 5.10 Å². The van der Waals surface area contributed by atoms with Crippen LogP contribution >= 0.6 is 0 Å². The molecule has 1 aromatic carbocycles. The minimum absolute atomic E-state index is 0.297. The summed E-state index contributed by atoms with van der Waals surface area (Å²) >= 11 is 0. The Morgan fingerprint density at radius 3 is 3.00 bits per heavy atom. The van der Waals surface area contributed by atoms with Gasteiger partial charge in [-0.25, -0.2) is 4.39 Å². The van der Waals surface area contributed by atoms with E-state index in [-0.39, 0.29) is 5.82 Å². The molecule has 5 heteroatoms. The van der Waals surface area contributed by atoms with Crippen LogP contribution in [-0.4, -0.2) is 16.4 Å². The topological polar surface area (TPSA) is 53.1 Å². The summed E-state index contributed by atoms with van der Waals surface area (Å²) in [6, 6.07) is 4.49. The fourth-order valence-electron chi connectivity index (χ4n) is 1.48. The number of nitrogen functional groups attached to an aromatic ring is 1. The number of hydrogen-bond donors (Lipinski definition) is 1. The maximum atomic E-state index is 13.0. The van der Waals surface area contributed by atoms with Crippen LogP contribution in [0.2, 0.25) is 0 Å². The van der Waals surface area contributed by atoms with Gasteiger partial charge in [0.05, 0.1) is 18.4 Å². The number of nitrogens with zero attached hydrogens (tertiary/aromatic N) is 2. The van der Waals surface area contributed by atoms with Crippen LogP contribution in [0.25, 0.3) is 0 Å². The number of nitrogens with two attached hydrogens (primary N) is 1. The summed E-state index contributed by atoms with van der Waals surface area (Å²) in [5.74, 6) is 0.263. The minimum Gasteiger partial charge on any atom is -0.491 e. The summed E-state index contributed by atoms with van der Waals surface area (Å²) in [6.07, 6.45) is 3.30. The first-order valence-corrected chi connectivity index (χ1v) is 5.32. The summed E-state index contributed by atoms with van der Waals surface area (Å²) in [4.78, 5) is 0. The smallest absolute Gasteiger partial charge is 0.126 e. The van der Waals surface area contributed by atoms with Crippen LogP contribution in [0.4, 0.5) is 10.1 Å². The first-order valence-electron chi connectivity index (χ1n) is 5.32. The lowest BCUT2D eigenvalue weighted by atomic mass is 10.2. The van der Waals surface area contributed by atoms with E-state index in [0.717, 1.165) is 5.56 Å². The van der Waals surface area contributed by atoms with E-state index in [1.807, 2.05) is 6.92 Å². The van der Waals surface area contributed by atoms with Gasteiger partial charge >= 0.3 is 0 Å². The summed E-state index contributed by atoms with van der Waals surface area (Å²) in [5.41, 5.74) is 7.06. The Labute approximate surface area is 98.8 Å². The number of halogens is 1. The molecule has 0 atom stereocenters. The summed E-state index contributed by atoms with van der Waals surface area (Å²) in [7, 11) is 0. The van der Waals surface area contributed by atoms with Crippen molar-refractivity contribution in [3.05, 3.63) is 42.0 Å². The van der Waals surface area contributed by atoms with E-state index in [0.29, 0.717) is 24.6 Å². The van der Waals surface area contributed by atoms with Crippen molar-refractivity contribution in [2.75, 3.05) is 12.3 Å². The normalized spacial score (nSPS) is 10.5. The average Bonchev–Trinajstić information content (AvgIpc) is 2.69. The molecule has 0 aliphatic rings. The third-order valence-electron chi connectivity index (χ3n) is 2.38. The lowest BCUT2D eigenvalue weighted by Crippen LogP contribution is -2.09. The van der Waals surface area contributed by atoms with Gasteiger partial charge < -0.3 is 10.5 Å². The second-order valence-electron chi connectivity index (χ2n) is 3.80. The van der Waals surface area contributed by atoms with Crippen LogP contribution in [0.5, 0.6) is 5.75 Å². The largest absolute Gasteiger partial charge is 0.491 e. The Kier molecular flexibility index (Phi) is 3.27. The van der Waals surface area contributed by atoms with Crippen molar-refractivity contribution in [2.45, 2.75) is 13.5 Å². The number of anilines is 1. The van der Waals surface area contributed by atoms with Crippen molar-refractivity contribution in [1.29, 1.82) is 0 Å². The number of benzene rings is 1. The van der Waals surface area contributed by atoms with Crippen LogP contribution in [0.3, 0.4) is 0 Å². The van der Waals surface area contributed by atoms with E-state index in [1.165, 1.54) is 12.1 Å². The number of rotatable bonds is 4. The molecule has 0 fully saturated rings. The predicted octanol–water partition coefficient (Wildman–Crippen LogP) is 1.99. The van der Waals surface area contributed by atoms with Gasteiger partial charge in [-0.05, 0) is 18.6 Å². The Bertz CT molecular complexity index is 510. The summed E-state index contributed by atoms with van der Waals surface area (Å²) in [5, 5.41) is 4.02. The Hall–Kier alpha value is -2.04. The number of aryl methyl sites for hydroxylation is 1. The van der Waals surface area contributed by atoms with Crippen LogP contribution < -0.4 is 10.5 Å². The van der Waals surface area contributed by atoms with Crippen LogP contribution in [0.1, 0.15) is 5.56 Å². The molecule has 1 heterocycles. The Balaban J connectivity index is 1.91. The predicted molar refractivity (Wildman–Crippen MR) is 63.3 cm³/mol. The molecule has 0 saturated heterocycles. The van der Waals surface area contributed by atoms with Crippen molar-refractivity contribution >= 4 is 5.69 Å². The van der Waals surface area contributed by atoms with Gasteiger partial charge in [0.1, 0.15) is 18.2 Å². The zero-order valence-electron chi connectivity index (χ0n) is 9.56. The van der Waals surface area contributed by atoms with E-state index >= 15 is 0 Å². The molecule has 2 N–H and O–H groups in total. The van der Waals surface area contributed by atoms with Gasteiger partial charge in [0.15, 0.2) is 0 Å². The van der Waals surface area contributed by atoms with Crippen molar-refractivity contribution in [1.82, 2.24) is 9.78 Å².